The largest absolute Gasteiger partial charge is 0.310 e. The lowest BCUT2D eigenvalue weighted by atomic mass is 10.0. The molecule has 0 aliphatic heterocycles. The molecule has 3 heteroatoms. The molecule has 0 unspecified atom stereocenters. The maximum atomic E-state index is 3.70. The number of rotatable bonds is 5. The topological polar surface area (TPSA) is 8.17 Å². The van der Waals surface area contributed by atoms with Crippen LogP contribution in [-0.2, 0) is 0 Å². The van der Waals surface area contributed by atoms with Crippen molar-refractivity contribution in [2.24, 2.45) is 0 Å². The average molecular weight is 566 g/mol. The molecular weight excluding hydrogens is 540 g/mol. The number of hydrogen-bond donors (Lipinski definition) is 0. The number of fused-ring (bicyclic) bond motifs is 3. The molecule has 7 rings (SSSR count). The van der Waals surface area contributed by atoms with Crippen molar-refractivity contribution in [3.05, 3.63) is 156 Å². The quantitative estimate of drug-likeness (QED) is 0.202. The molecular formula is C36H25BrN2. The Bertz CT molecular complexity index is 1870. The van der Waals surface area contributed by atoms with Crippen LogP contribution in [0.15, 0.2) is 156 Å². The third kappa shape index (κ3) is 4.31. The summed E-state index contributed by atoms with van der Waals surface area (Å²) in [5, 5.41) is 2.47. The SMILES string of the molecule is Brc1ccc2c(c1)c1cc(-c3cccc(N(c4ccccc4)c4ccccc4)c3)ccc1n2-c1ccccc1. The third-order valence-corrected chi connectivity index (χ3v) is 7.70. The molecule has 0 amide bonds. The fourth-order valence-electron chi connectivity index (χ4n) is 5.46. The Labute approximate surface area is 236 Å². The van der Waals surface area contributed by atoms with Crippen LogP contribution in [0.5, 0.6) is 0 Å². The summed E-state index contributed by atoms with van der Waals surface area (Å²) in [6.07, 6.45) is 0. The zero-order valence-electron chi connectivity index (χ0n) is 21.2. The lowest BCUT2D eigenvalue weighted by molar-refractivity contribution is 1.18. The molecule has 7 aromatic rings. The smallest absolute Gasteiger partial charge is 0.0541 e. The van der Waals surface area contributed by atoms with Gasteiger partial charge in [0.1, 0.15) is 0 Å². The molecule has 0 saturated heterocycles. The lowest BCUT2D eigenvalue weighted by Crippen LogP contribution is -2.09. The van der Waals surface area contributed by atoms with Crippen LogP contribution >= 0.6 is 15.9 Å². The number of benzene rings is 6. The Kier molecular flexibility index (Phi) is 5.99. The minimum absolute atomic E-state index is 1.08. The number of anilines is 3. The van der Waals surface area contributed by atoms with E-state index in [1.54, 1.807) is 0 Å². The summed E-state index contributed by atoms with van der Waals surface area (Å²) in [6.45, 7) is 0. The Balaban J connectivity index is 1.40. The van der Waals surface area contributed by atoms with Gasteiger partial charge in [0.15, 0.2) is 0 Å². The molecule has 0 radical (unpaired) electrons. The van der Waals surface area contributed by atoms with Crippen molar-refractivity contribution in [3.8, 4) is 16.8 Å². The second-order valence-electron chi connectivity index (χ2n) is 9.62. The lowest BCUT2D eigenvalue weighted by Gasteiger charge is -2.26. The van der Waals surface area contributed by atoms with Gasteiger partial charge in [0.25, 0.3) is 0 Å². The molecule has 6 aromatic carbocycles. The molecule has 0 bridgehead atoms. The summed E-state index contributed by atoms with van der Waals surface area (Å²) in [7, 11) is 0. The van der Waals surface area contributed by atoms with Gasteiger partial charge in [-0.25, -0.2) is 0 Å². The van der Waals surface area contributed by atoms with Crippen molar-refractivity contribution in [1.82, 2.24) is 4.57 Å². The van der Waals surface area contributed by atoms with Crippen LogP contribution in [0.1, 0.15) is 0 Å². The predicted octanol–water partition coefficient (Wildman–Crippen LogP) is 10.7. The fraction of sp³-hybridized carbons (Fsp3) is 0. The maximum Gasteiger partial charge on any atom is 0.0541 e. The van der Waals surface area contributed by atoms with Gasteiger partial charge in [0.2, 0.25) is 0 Å². The molecule has 39 heavy (non-hydrogen) atoms. The van der Waals surface area contributed by atoms with Gasteiger partial charge in [-0.3, -0.25) is 0 Å². The normalized spacial score (nSPS) is 11.2. The number of nitrogens with zero attached hydrogens (tertiary/aromatic N) is 2. The Morgan fingerprint density at radius 1 is 0.436 bits per heavy atom. The van der Waals surface area contributed by atoms with E-state index in [1.807, 2.05) is 0 Å². The standard InChI is InChI=1S/C36H25BrN2/c37-28-20-22-36-34(25-28)33-24-27(19-21-35(33)39(36)31-16-8-3-9-17-31)26-11-10-18-32(23-26)38(29-12-4-1-5-13-29)30-14-6-2-7-15-30/h1-25H. The molecule has 186 valence electrons. The van der Waals surface area contributed by atoms with Gasteiger partial charge in [-0.05, 0) is 90.0 Å². The van der Waals surface area contributed by atoms with E-state index >= 15 is 0 Å². The molecule has 1 aromatic heterocycles. The van der Waals surface area contributed by atoms with Gasteiger partial charge in [0.05, 0.1) is 11.0 Å². The van der Waals surface area contributed by atoms with Crippen LogP contribution in [0.3, 0.4) is 0 Å². The number of halogens is 1. The second kappa shape index (κ2) is 9.94. The van der Waals surface area contributed by atoms with Crippen molar-refractivity contribution >= 4 is 54.8 Å². The predicted molar refractivity (Wildman–Crippen MR) is 169 cm³/mol. The van der Waals surface area contributed by atoms with E-state index in [-0.39, 0.29) is 0 Å². The molecule has 0 atom stereocenters. The first-order valence-corrected chi connectivity index (χ1v) is 13.9. The van der Waals surface area contributed by atoms with E-state index in [1.165, 1.54) is 32.9 Å². The van der Waals surface area contributed by atoms with E-state index in [9.17, 15) is 0 Å². The molecule has 0 aliphatic rings. The highest BCUT2D eigenvalue weighted by atomic mass is 79.9. The van der Waals surface area contributed by atoms with E-state index < -0.39 is 0 Å². The van der Waals surface area contributed by atoms with Crippen molar-refractivity contribution in [2.45, 2.75) is 0 Å². The molecule has 0 saturated carbocycles. The first-order valence-electron chi connectivity index (χ1n) is 13.1. The van der Waals surface area contributed by atoms with Gasteiger partial charge in [-0.2, -0.15) is 0 Å². The van der Waals surface area contributed by atoms with E-state index in [0.29, 0.717) is 0 Å². The molecule has 0 aliphatic carbocycles. The third-order valence-electron chi connectivity index (χ3n) is 7.21. The Morgan fingerprint density at radius 2 is 0.974 bits per heavy atom. The fourth-order valence-corrected chi connectivity index (χ4v) is 5.82. The van der Waals surface area contributed by atoms with Gasteiger partial charge in [-0.1, -0.05) is 88.7 Å². The first-order chi connectivity index (χ1) is 19.3. The Morgan fingerprint density at radius 3 is 1.64 bits per heavy atom. The summed E-state index contributed by atoms with van der Waals surface area (Å²) < 4.78 is 3.43. The van der Waals surface area contributed by atoms with E-state index in [4.69, 9.17) is 0 Å². The van der Waals surface area contributed by atoms with E-state index in [0.717, 1.165) is 27.2 Å². The second-order valence-corrected chi connectivity index (χ2v) is 10.5. The van der Waals surface area contributed by atoms with Crippen molar-refractivity contribution in [3.63, 3.8) is 0 Å². The van der Waals surface area contributed by atoms with Gasteiger partial charge in [-0.15, -0.1) is 0 Å². The van der Waals surface area contributed by atoms with Crippen LogP contribution in [-0.4, -0.2) is 4.57 Å². The maximum absolute atomic E-state index is 3.70. The summed E-state index contributed by atoms with van der Waals surface area (Å²) in [6, 6.07) is 53.9. The van der Waals surface area contributed by atoms with Crippen molar-refractivity contribution < 1.29 is 0 Å². The zero-order valence-corrected chi connectivity index (χ0v) is 22.8. The van der Waals surface area contributed by atoms with Gasteiger partial charge in [0, 0.05) is 38.0 Å². The van der Waals surface area contributed by atoms with Crippen molar-refractivity contribution in [1.29, 1.82) is 0 Å². The molecule has 0 N–H and O–H groups in total. The van der Waals surface area contributed by atoms with Crippen LogP contribution < -0.4 is 4.90 Å². The number of hydrogen-bond acceptors (Lipinski definition) is 1. The Hall–Kier alpha value is -4.60. The van der Waals surface area contributed by atoms with Gasteiger partial charge >= 0.3 is 0 Å². The van der Waals surface area contributed by atoms with Crippen molar-refractivity contribution in [2.75, 3.05) is 4.90 Å². The summed E-state index contributed by atoms with van der Waals surface area (Å²) in [5.74, 6) is 0. The minimum Gasteiger partial charge on any atom is -0.310 e. The molecule has 1 heterocycles. The first kappa shape index (κ1) is 23.5. The summed E-state index contributed by atoms with van der Waals surface area (Å²) in [4.78, 5) is 2.31. The van der Waals surface area contributed by atoms with Crippen LogP contribution in [0.2, 0.25) is 0 Å². The number of para-hydroxylation sites is 3. The molecule has 2 nitrogen and oxygen atoms in total. The molecule has 0 fully saturated rings. The zero-order chi connectivity index (χ0) is 26.2. The van der Waals surface area contributed by atoms with Crippen LogP contribution in [0, 0.1) is 0 Å². The van der Waals surface area contributed by atoms with E-state index in [2.05, 4.69) is 177 Å². The highest BCUT2D eigenvalue weighted by Crippen LogP contribution is 2.39. The highest BCUT2D eigenvalue weighted by Gasteiger charge is 2.16. The summed E-state index contributed by atoms with van der Waals surface area (Å²) >= 11 is 3.70. The van der Waals surface area contributed by atoms with Gasteiger partial charge < -0.3 is 9.47 Å². The molecule has 0 spiro atoms. The highest BCUT2D eigenvalue weighted by molar-refractivity contribution is 9.10. The minimum atomic E-state index is 1.08. The van der Waals surface area contributed by atoms with Crippen LogP contribution in [0.4, 0.5) is 17.1 Å². The average Bonchev–Trinajstić information content (AvgIpc) is 3.32. The monoisotopic (exact) mass is 564 g/mol. The van der Waals surface area contributed by atoms with Crippen LogP contribution in [0.25, 0.3) is 38.6 Å². The summed E-state index contributed by atoms with van der Waals surface area (Å²) in [5.41, 5.74) is 9.32. The number of aromatic nitrogens is 1.